The topological polar surface area (TPSA) is 74.0 Å². The van der Waals surface area contributed by atoms with Crippen molar-refractivity contribution < 1.29 is 19.0 Å². The molecule has 0 aliphatic carbocycles. The van der Waals surface area contributed by atoms with Gasteiger partial charge in [0.05, 0.1) is 27.0 Å². The van der Waals surface area contributed by atoms with E-state index in [0.717, 1.165) is 5.56 Å². The summed E-state index contributed by atoms with van der Waals surface area (Å²) < 4.78 is 16.0. The molecule has 0 heterocycles. The molecular formula is C19H24N2O4. The summed E-state index contributed by atoms with van der Waals surface area (Å²) >= 11 is 0. The number of anilines is 1. The number of benzene rings is 2. The molecule has 0 spiro atoms. The number of nitrogens with two attached hydrogens (primary N) is 1. The van der Waals surface area contributed by atoms with Gasteiger partial charge in [0.25, 0.3) is 0 Å². The van der Waals surface area contributed by atoms with E-state index < -0.39 is 0 Å². The maximum Gasteiger partial charge on any atom is 0.228 e. The van der Waals surface area contributed by atoms with Crippen LogP contribution in [0.5, 0.6) is 17.2 Å². The van der Waals surface area contributed by atoms with Gasteiger partial charge in [0, 0.05) is 31.6 Å². The molecule has 25 heavy (non-hydrogen) atoms. The molecule has 0 saturated heterocycles. The summed E-state index contributed by atoms with van der Waals surface area (Å²) in [7, 11) is 6.30. The summed E-state index contributed by atoms with van der Waals surface area (Å²) in [6.45, 7) is 0. The van der Waals surface area contributed by atoms with Gasteiger partial charge in [-0.1, -0.05) is 30.3 Å². The Morgan fingerprint density at radius 2 is 1.60 bits per heavy atom. The van der Waals surface area contributed by atoms with E-state index in [1.54, 1.807) is 19.2 Å². The Morgan fingerprint density at radius 3 is 2.08 bits per heavy atom. The van der Waals surface area contributed by atoms with E-state index in [4.69, 9.17) is 19.9 Å². The molecule has 134 valence electrons. The zero-order chi connectivity index (χ0) is 18.4. The normalized spacial score (nSPS) is 11.6. The first-order valence-electron chi connectivity index (χ1n) is 7.88. The molecule has 2 aromatic rings. The fourth-order valence-corrected chi connectivity index (χ4v) is 2.55. The van der Waals surface area contributed by atoms with Crippen molar-refractivity contribution in [1.82, 2.24) is 0 Å². The molecule has 1 atom stereocenters. The summed E-state index contributed by atoms with van der Waals surface area (Å²) in [6, 6.07) is 12.7. The van der Waals surface area contributed by atoms with Gasteiger partial charge in [0.15, 0.2) is 11.5 Å². The van der Waals surface area contributed by atoms with Gasteiger partial charge in [0.2, 0.25) is 11.7 Å². The van der Waals surface area contributed by atoms with Crippen molar-refractivity contribution in [3.05, 3.63) is 48.0 Å². The third-order valence-electron chi connectivity index (χ3n) is 4.03. The minimum Gasteiger partial charge on any atom is -0.493 e. The average Bonchev–Trinajstić information content (AvgIpc) is 2.66. The Morgan fingerprint density at radius 1 is 1.04 bits per heavy atom. The molecule has 0 fully saturated rings. The SMILES string of the molecule is COc1cc(N(C)C(=O)CC(N)c2ccccc2)cc(OC)c1OC. The first-order valence-corrected chi connectivity index (χ1v) is 7.88. The highest BCUT2D eigenvalue weighted by Crippen LogP contribution is 2.41. The monoisotopic (exact) mass is 344 g/mol. The number of amides is 1. The highest BCUT2D eigenvalue weighted by atomic mass is 16.5. The smallest absolute Gasteiger partial charge is 0.228 e. The quantitative estimate of drug-likeness (QED) is 0.836. The van der Waals surface area contributed by atoms with Crippen LogP contribution in [-0.4, -0.2) is 34.3 Å². The second-order valence-corrected chi connectivity index (χ2v) is 5.56. The van der Waals surface area contributed by atoms with Crippen LogP contribution < -0.4 is 24.8 Å². The van der Waals surface area contributed by atoms with Gasteiger partial charge in [0.1, 0.15) is 0 Å². The standard InChI is InChI=1S/C19H24N2O4/c1-21(18(22)12-15(20)13-8-6-5-7-9-13)14-10-16(23-2)19(25-4)17(11-14)24-3/h5-11,15H,12,20H2,1-4H3. The third kappa shape index (κ3) is 4.22. The van der Waals surface area contributed by atoms with Gasteiger partial charge in [-0.25, -0.2) is 0 Å². The van der Waals surface area contributed by atoms with Gasteiger partial charge in [-0.05, 0) is 5.56 Å². The Hall–Kier alpha value is -2.73. The van der Waals surface area contributed by atoms with Crippen LogP contribution in [0, 0.1) is 0 Å². The van der Waals surface area contributed by atoms with Crippen LogP contribution in [0.2, 0.25) is 0 Å². The molecule has 1 amide bonds. The van der Waals surface area contributed by atoms with E-state index in [2.05, 4.69) is 0 Å². The number of hydrogen-bond donors (Lipinski definition) is 1. The molecule has 1 unspecified atom stereocenters. The second kappa shape index (κ2) is 8.39. The van der Waals surface area contributed by atoms with Crippen molar-refractivity contribution in [2.24, 2.45) is 5.73 Å². The zero-order valence-corrected chi connectivity index (χ0v) is 15.0. The van der Waals surface area contributed by atoms with Gasteiger partial charge < -0.3 is 24.8 Å². The predicted octanol–water partition coefficient (Wildman–Crippen LogP) is 2.77. The molecule has 2 N–H and O–H groups in total. The number of hydrogen-bond acceptors (Lipinski definition) is 5. The number of rotatable bonds is 7. The summed E-state index contributed by atoms with van der Waals surface area (Å²) in [4.78, 5) is 14.1. The molecular weight excluding hydrogens is 320 g/mol. The van der Waals surface area contributed by atoms with E-state index in [1.165, 1.54) is 26.2 Å². The maximum atomic E-state index is 12.6. The van der Waals surface area contributed by atoms with Crippen LogP contribution in [0.1, 0.15) is 18.0 Å². The predicted molar refractivity (Wildman–Crippen MR) is 97.5 cm³/mol. The number of carbonyl (C=O) groups is 1. The number of ether oxygens (including phenoxy) is 3. The minimum atomic E-state index is -0.363. The third-order valence-corrected chi connectivity index (χ3v) is 4.03. The van der Waals surface area contributed by atoms with E-state index in [1.807, 2.05) is 30.3 Å². The van der Waals surface area contributed by atoms with Crippen molar-refractivity contribution in [2.75, 3.05) is 33.3 Å². The fraction of sp³-hybridized carbons (Fsp3) is 0.316. The molecule has 0 aliphatic heterocycles. The minimum absolute atomic E-state index is 0.106. The number of methoxy groups -OCH3 is 3. The van der Waals surface area contributed by atoms with Crippen molar-refractivity contribution in [3.8, 4) is 17.2 Å². The van der Waals surface area contributed by atoms with E-state index in [9.17, 15) is 4.79 Å². The van der Waals surface area contributed by atoms with Crippen molar-refractivity contribution >= 4 is 11.6 Å². The molecule has 2 rings (SSSR count). The largest absolute Gasteiger partial charge is 0.493 e. The van der Waals surface area contributed by atoms with Gasteiger partial charge in [-0.15, -0.1) is 0 Å². The Kier molecular flexibility index (Phi) is 6.25. The highest BCUT2D eigenvalue weighted by Gasteiger charge is 2.20. The molecule has 2 aromatic carbocycles. The van der Waals surface area contributed by atoms with Crippen LogP contribution >= 0.6 is 0 Å². The zero-order valence-electron chi connectivity index (χ0n) is 15.0. The lowest BCUT2D eigenvalue weighted by Gasteiger charge is -2.22. The molecule has 6 nitrogen and oxygen atoms in total. The summed E-state index contributed by atoms with van der Waals surface area (Å²) in [5.74, 6) is 1.36. The Balaban J connectivity index is 2.21. The van der Waals surface area contributed by atoms with Crippen molar-refractivity contribution in [3.63, 3.8) is 0 Å². The summed E-state index contributed by atoms with van der Waals surface area (Å²) in [5, 5.41) is 0. The van der Waals surface area contributed by atoms with Crippen LogP contribution in [0.4, 0.5) is 5.69 Å². The van der Waals surface area contributed by atoms with Gasteiger partial charge in [-0.3, -0.25) is 4.79 Å². The van der Waals surface area contributed by atoms with Crippen LogP contribution in [-0.2, 0) is 4.79 Å². The first kappa shape index (κ1) is 18.6. The molecule has 0 aromatic heterocycles. The summed E-state index contributed by atoms with van der Waals surface area (Å²) in [5.41, 5.74) is 7.72. The lowest BCUT2D eigenvalue weighted by molar-refractivity contribution is -0.118. The highest BCUT2D eigenvalue weighted by molar-refractivity contribution is 5.94. The molecule has 0 radical (unpaired) electrons. The van der Waals surface area contributed by atoms with Gasteiger partial charge >= 0.3 is 0 Å². The van der Waals surface area contributed by atoms with Crippen LogP contribution in [0.3, 0.4) is 0 Å². The van der Waals surface area contributed by atoms with Crippen LogP contribution in [0.15, 0.2) is 42.5 Å². The number of nitrogens with zero attached hydrogens (tertiary/aromatic N) is 1. The molecule has 6 heteroatoms. The molecule has 0 bridgehead atoms. The van der Waals surface area contributed by atoms with Crippen molar-refractivity contribution in [1.29, 1.82) is 0 Å². The van der Waals surface area contributed by atoms with Crippen LogP contribution in [0.25, 0.3) is 0 Å². The van der Waals surface area contributed by atoms with Crippen molar-refractivity contribution in [2.45, 2.75) is 12.5 Å². The van der Waals surface area contributed by atoms with Gasteiger partial charge in [-0.2, -0.15) is 0 Å². The summed E-state index contributed by atoms with van der Waals surface area (Å²) in [6.07, 6.45) is 0.192. The molecule has 0 aliphatic rings. The first-order chi connectivity index (χ1) is 12.0. The maximum absolute atomic E-state index is 12.6. The molecule has 0 saturated carbocycles. The fourth-order valence-electron chi connectivity index (χ4n) is 2.55. The average molecular weight is 344 g/mol. The second-order valence-electron chi connectivity index (χ2n) is 5.56. The van der Waals surface area contributed by atoms with E-state index >= 15 is 0 Å². The lowest BCUT2D eigenvalue weighted by atomic mass is 10.0. The Labute approximate surface area is 148 Å². The number of carbonyl (C=O) groups excluding carboxylic acids is 1. The Bertz CT molecular complexity index is 694. The van der Waals surface area contributed by atoms with E-state index in [-0.39, 0.29) is 18.4 Å². The van der Waals surface area contributed by atoms with E-state index in [0.29, 0.717) is 22.9 Å². The lowest BCUT2D eigenvalue weighted by Crippen LogP contribution is -2.29.